The summed E-state index contributed by atoms with van der Waals surface area (Å²) in [6, 6.07) is 17.8. The molecule has 3 N–H and O–H groups in total. The van der Waals surface area contributed by atoms with E-state index in [0.717, 1.165) is 96.1 Å². The molecule has 1 aliphatic heterocycles. The molecular weight excluding hydrogens is 747 g/mol. The van der Waals surface area contributed by atoms with Crippen molar-refractivity contribution < 1.29 is 19.1 Å². The number of pyridine rings is 1. The normalized spacial score (nSPS) is 25.9. The number of benzene rings is 2. The molecular formula is C46H55N7O4S. The third kappa shape index (κ3) is 7.21. The summed E-state index contributed by atoms with van der Waals surface area (Å²) in [6.07, 6.45) is 11.1. The minimum Gasteiger partial charge on any atom is -0.461 e. The second-order valence-corrected chi connectivity index (χ2v) is 19.4. The van der Waals surface area contributed by atoms with Crippen LogP contribution < -0.4 is 16.0 Å². The number of esters is 1. The lowest BCUT2D eigenvalue weighted by atomic mass is 9.39. The van der Waals surface area contributed by atoms with Crippen LogP contribution in [0.1, 0.15) is 110 Å². The summed E-state index contributed by atoms with van der Waals surface area (Å²) in [5, 5.41) is 8.62. The van der Waals surface area contributed by atoms with Crippen LogP contribution in [0.2, 0.25) is 0 Å². The SMILES string of the molecule is CCCCOC(=O)c1nc(N2CCc3cccc(C(=O)Nc4nc5ccccc5s4)c3C2)ccc1-c1cnn(CC23CC4(C)CC(C)(C2)CC(OCCN)(C4)C3)c1C. The Labute approximate surface area is 344 Å². The number of hydrogen-bond donors (Lipinski definition) is 2. The third-order valence-corrected chi connectivity index (χ3v) is 14.2. The van der Waals surface area contributed by atoms with Crippen LogP contribution in [-0.4, -0.2) is 63.5 Å². The molecule has 11 nitrogen and oxygen atoms in total. The summed E-state index contributed by atoms with van der Waals surface area (Å²) in [4.78, 5) is 39.5. The van der Waals surface area contributed by atoms with Gasteiger partial charge in [-0.3, -0.25) is 14.8 Å². The highest BCUT2D eigenvalue weighted by molar-refractivity contribution is 7.22. The Kier molecular flexibility index (Phi) is 9.96. The average Bonchev–Trinajstić information content (AvgIpc) is 3.76. The number of hydrogen-bond acceptors (Lipinski definition) is 10. The third-order valence-electron chi connectivity index (χ3n) is 13.2. The van der Waals surface area contributed by atoms with Gasteiger partial charge in [-0.2, -0.15) is 5.10 Å². The van der Waals surface area contributed by atoms with Crippen LogP contribution in [0.4, 0.5) is 10.9 Å². The minimum absolute atomic E-state index is 0.0691. The smallest absolute Gasteiger partial charge is 0.357 e. The molecule has 5 aromatic rings. The van der Waals surface area contributed by atoms with Gasteiger partial charge in [-0.05, 0) is 116 Å². The van der Waals surface area contributed by atoms with Crippen molar-refractivity contribution in [3.05, 3.63) is 88.9 Å². The lowest BCUT2D eigenvalue weighted by Crippen LogP contribution is -2.64. The molecule has 4 heterocycles. The van der Waals surface area contributed by atoms with Crippen molar-refractivity contribution in [2.24, 2.45) is 22.0 Å². The van der Waals surface area contributed by atoms with Gasteiger partial charge in [-0.1, -0.05) is 62.8 Å². The van der Waals surface area contributed by atoms with Crippen LogP contribution in [0.3, 0.4) is 0 Å². The van der Waals surface area contributed by atoms with Crippen molar-refractivity contribution >= 4 is 44.4 Å². The highest BCUT2D eigenvalue weighted by Gasteiger charge is 2.66. The second kappa shape index (κ2) is 14.9. The van der Waals surface area contributed by atoms with E-state index in [4.69, 9.17) is 25.3 Å². The molecule has 58 heavy (non-hydrogen) atoms. The molecule has 4 aliphatic carbocycles. The van der Waals surface area contributed by atoms with Gasteiger partial charge in [0.25, 0.3) is 5.91 Å². The molecule has 1 amide bonds. The number of para-hydroxylation sites is 1. The zero-order valence-corrected chi connectivity index (χ0v) is 35.1. The lowest BCUT2D eigenvalue weighted by molar-refractivity contribution is -0.247. The largest absolute Gasteiger partial charge is 0.461 e. The standard InChI is InChI=1S/C46H55N7O4S/c1-5-6-19-56-41(55)39-32(34-21-48-53(30(34)2)29-45-24-43(3)23-44(4,25-45)27-46(26-43,28-45)57-20-17-47)14-15-38(50-39)52-18-16-31-10-9-11-33(35(31)22-52)40(54)51-42-49-36-12-7-8-13-37(36)58-42/h7-15,21H,5-6,16-20,22-29,47H2,1-4H3,(H,49,51,54). The van der Waals surface area contributed by atoms with Crippen LogP contribution in [0.15, 0.2) is 60.8 Å². The average molecular weight is 802 g/mol. The van der Waals surface area contributed by atoms with Gasteiger partial charge >= 0.3 is 5.97 Å². The van der Waals surface area contributed by atoms with Crippen LogP contribution in [-0.2, 0) is 29.0 Å². The topological polar surface area (TPSA) is 137 Å². The maximum atomic E-state index is 13.9. The van der Waals surface area contributed by atoms with E-state index >= 15 is 0 Å². The Hall–Kier alpha value is -4.65. The van der Waals surface area contributed by atoms with Crippen molar-refractivity contribution in [2.75, 3.05) is 36.5 Å². The summed E-state index contributed by atoms with van der Waals surface area (Å²) in [7, 11) is 0. The van der Waals surface area contributed by atoms with Crippen molar-refractivity contribution in [1.82, 2.24) is 19.7 Å². The molecule has 4 saturated carbocycles. The Bertz CT molecular complexity index is 2340. The van der Waals surface area contributed by atoms with Gasteiger partial charge in [0.2, 0.25) is 0 Å². The number of anilines is 2. The number of ether oxygens (including phenoxy) is 2. The molecule has 4 bridgehead atoms. The predicted molar refractivity (Wildman–Crippen MR) is 228 cm³/mol. The second-order valence-electron chi connectivity index (χ2n) is 18.4. The summed E-state index contributed by atoms with van der Waals surface area (Å²) in [5.41, 5.74) is 12.8. The fraction of sp³-hybridized carbons (Fsp3) is 0.500. The van der Waals surface area contributed by atoms with E-state index < -0.39 is 5.97 Å². The number of nitrogens with zero attached hydrogens (tertiary/aromatic N) is 5. The van der Waals surface area contributed by atoms with Gasteiger partial charge in [0.05, 0.1) is 35.2 Å². The number of rotatable bonds is 13. The number of carbonyl (C=O) groups is 2. The highest BCUT2D eigenvalue weighted by atomic mass is 32.1. The van der Waals surface area contributed by atoms with Gasteiger partial charge in [0.1, 0.15) is 5.82 Å². The van der Waals surface area contributed by atoms with Gasteiger partial charge in [0.15, 0.2) is 10.8 Å². The molecule has 10 rings (SSSR count). The van der Waals surface area contributed by atoms with Crippen LogP contribution in [0.25, 0.3) is 21.3 Å². The molecule has 304 valence electrons. The maximum absolute atomic E-state index is 13.9. The fourth-order valence-corrected chi connectivity index (χ4v) is 12.9. The molecule has 0 spiro atoms. The minimum atomic E-state index is -0.438. The van der Waals surface area contributed by atoms with E-state index in [2.05, 4.69) is 53.6 Å². The van der Waals surface area contributed by atoms with Crippen molar-refractivity contribution in [1.29, 1.82) is 0 Å². The molecule has 2 atom stereocenters. The number of thiazole rings is 1. The van der Waals surface area contributed by atoms with E-state index in [0.29, 0.717) is 49.4 Å². The first kappa shape index (κ1) is 38.8. The molecule has 2 aromatic carbocycles. The molecule has 0 saturated heterocycles. The monoisotopic (exact) mass is 801 g/mol. The summed E-state index contributed by atoms with van der Waals surface area (Å²) >= 11 is 1.46. The van der Waals surface area contributed by atoms with Crippen LogP contribution >= 0.6 is 11.3 Å². The van der Waals surface area contributed by atoms with Gasteiger partial charge < -0.3 is 20.1 Å². The van der Waals surface area contributed by atoms with E-state index in [1.807, 2.05) is 54.7 Å². The number of amides is 1. The Morgan fingerprint density at radius 1 is 0.931 bits per heavy atom. The van der Waals surface area contributed by atoms with E-state index in [1.165, 1.54) is 17.8 Å². The van der Waals surface area contributed by atoms with E-state index in [1.54, 1.807) is 0 Å². The van der Waals surface area contributed by atoms with Crippen LogP contribution in [0, 0.1) is 23.2 Å². The Balaban J connectivity index is 0.998. The van der Waals surface area contributed by atoms with Gasteiger partial charge in [0, 0.05) is 48.6 Å². The molecule has 3 aromatic heterocycles. The zero-order chi connectivity index (χ0) is 40.3. The predicted octanol–water partition coefficient (Wildman–Crippen LogP) is 8.73. The summed E-state index contributed by atoms with van der Waals surface area (Å²) in [5.74, 6) is 0.0385. The first-order valence-electron chi connectivity index (χ1n) is 21.0. The Morgan fingerprint density at radius 2 is 1.74 bits per heavy atom. The van der Waals surface area contributed by atoms with Crippen LogP contribution in [0.5, 0.6) is 0 Å². The summed E-state index contributed by atoms with van der Waals surface area (Å²) < 4.78 is 15.7. The van der Waals surface area contributed by atoms with Crippen molar-refractivity contribution in [3.8, 4) is 11.1 Å². The van der Waals surface area contributed by atoms with E-state index in [-0.39, 0.29) is 33.4 Å². The summed E-state index contributed by atoms with van der Waals surface area (Å²) in [6.45, 7) is 12.5. The molecule has 2 unspecified atom stereocenters. The van der Waals surface area contributed by atoms with Crippen molar-refractivity contribution in [3.63, 3.8) is 0 Å². The molecule has 12 heteroatoms. The maximum Gasteiger partial charge on any atom is 0.357 e. The Morgan fingerprint density at radius 3 is 2.52 bits per heavy atom. The number of aromatic nitrogens is 4. The molecule has 5 aliphatic rings. The number of unbranched alkanes of at least 4 members (excludes halogenated alkanes) is 1. The highest BCUT2D eigenvalue weighted by Crippen LogP contribution is 2.72. The number of fused-ring (bicyclic) bond motifs is 2. The van der Waals surface area contributed by atoms with Gasteiger partial charge in [-0.15, -0.1) is 0 Å². The lowest BCUT2D eigenvalue weighted by Gasteiger charge is -2.69. The first-order valence-corrected chi connectivity index (χ1v) is 21.8. The molecule has 0 radical (unpaired) electrons. The van der Waals surface area contributed by atoms with Crippen molar-refractivity contribution in [2.45, 2.75) is 104 Å². The van der Waals surface area contributed by atoms with Gasteiger partial charge in [-0.25, -0.2) is 14.8 Å². The quantitative estimate of drug-likeness (QED) is 0.0885. The first-order chi connectivity index (χ1) is 27.9. The molecule has 4 fully saturated rings. The fourth-order valence-electron chi connectivity index (χ4n) is 12.1. The zero-order valence-electron chi connectivity index (χ0n) is 34.2. The van der Waals surface area contributed by atoms with E-state index in [9.17, 15) is 9.59 Å². The number of nitrogens with one attached hydrogen (secondary N) is 1. The number of nitrogens with two attached hydrogens (primary N) is 1. The number of carbonyl (C=O) groups excluding carboxylic acids is 2.